The Bertz CT molecular complexity index is 476. The summed E-state index contributed by atoms with van der Waals surface area (Å²) in [5.74, 6) is 6.38. The number of aromatic nitrogens is 2. The van der Waals surface area contributed by atoms with Crippen molar-refractivity contribution in [2.75, 3.05) is 5.43 Å². The average molecular weight is 301 g/mol. The topological polar surface area (TPSA) is 77.0 Å². The maximum atomic E-state index is 5.13. The highest BCUT2D eigenvalue weighted by atomic mass is 79.9. The van der Waals surface area contributed by atoms with Gasteiger partial charge in [0.15, 0.2) is 5.82 Å². The van der Waals surface area contributed by atoms with Gasteiger partial charge in [0.1, 0.15) is 0 Å². The lowest BCUT2D eigenvalue weighted by Gasteiger charge is -1.98. The van der Waals surface area contributed by atoms with Crippen molar-refractivity contribution in [1.82, 2.24) is 10.1 Å². The number of nitrogens with one attached hydrogen (secondary N) is 1. The van der Waals surface area contributed by atoms with Crippen LogP contribution in [0.1, 0.15) is 5.82 Å². The van der Waals surface area contributed by atoms with E-state index in [2.05, 4.69) is 31.5 Å². The molecule has 0 saturated heterocycles. The second-order valence-corrected chi connectivity index (χ2v) is 4.87. The third-order valence-corrected chi connectivity index (χ3v) is 3.24. The molecule has 3 N–H and O–H groups in total. The molecule has 0 radical (unpaired) electrons. The fraction of sp³-hybridized carbons (Fsp3) is 0.111. The molecule has 5 nitrogen and oxygen atoms in total. The van der Waals surface area contributed by atoms with Crippen molar-refractivity contribution in [2.24, 2.45) is 5.84 Å². The van der Waals surface area contributed by atoms with E-state index in [0.29, 0.717) is 11.6 Å². The molecule has 7 heteroatoms. The number of benzene rings is 1. The number of thioether (sulfide) groups is 1. The molecule has 0 aliphatic rings. The monoisotopic (exact) mass is 300 g/mol. The molecule has 0 amide bonds. The van der Waals surface area contributed by atoms with Crippen LogP contribution in [0.25, 0.3) is 0 Å². The van der Waals surface area contributed by atoms with Crippen molar-refractivity contribution in [3.8, 4) is 0 Å². The van der Waals surface area contributed by atoms with Gasteiger partial charge in [-0.15, -0.1) is 11.8 Å². The Morgan fingerprint density at radius 2 is 2.38 bits per heavy atom. The number of anilines is 1. The van der Waals surface area contributed by atoms with Crippen LogP contribution in [-0.4, -0.2) is 10.1 Å². The van der Waals surface area contributed by atoms with Gasteiger partial charge in [0.05, 0.1) is 5.75 Å². The number of hydrogen-bond acceptors (Lipinski definition) is 6. The van der Waals surface area contributed by atoms with Gasteiger partial charge in [-0.3, -0.25) is 5.43 Å². The number of nitrogens with two attached hydrogens (primary N) is 1. The van der Waals surface area contributed by atoms with Gasteiger partial charge in [0.25, 0.3) is 0 Å². The lowest BCUT2D eigenvalue weighted by atomic mass is 10.4. The lowest BCUT2D eigenvalue weighted by Crippen LogP contribution is -2.06. The van der Waals surface area contributed by atoms with E-state index in [9.17, 15) is 0 Å². The van der Waals surface area contributed by atoms with Crippen molar-refractivity contribution >= 4 is 33.7 Å². The van der Waals surface area contributed by atoms with Gasteiger partial charge in [-0.2, -0.15) is 4.98 Å². The summed E-state index contributed by atoms with van der Waals surface area (Å²) in [4.78, 5) is 5.16. The second kappa shape index (κ2) is 5.33. The zero-order chi connectivity index (χ0) is 11.4. The van der Waals surface area contributed by atoms with Crippen LogP contribution in [0, 0.1) is 0 Å². The molecule has 0 spiro atoms. The summed E-state index contributed by atoms with van der Waals surface area (Å²) >= 11 is 5.04. The second-order valence-electron chi connectivity index (χ2n) is 2.91. The van der Waals surface area contributed by atoms with Gasteiger partial charge in [-0.25, -0.2) is 5.84 Å². The highest BCUT2D eigenvalue weighted by Gasteiger charge is 2.05. The van der Waals surface area contributed by atoms with E-state index in [1.807, 2.05) is 24.3 Å². The fourth-order valence-electron chi connectivity index (χ4n) is 1.08. The molecular weight excluding hydrogens is 292 g/mol. The zero-order valence-electron chi connectivity index (χ0n) is 8.18. The third-order valence-electron chi connectivity index (χ3n) is 1.76. The average Bonchev–Trinajstić information content (AvgIpc) is 2.74. The molecule has 1 aromatic heterocycles. The van der Waals surface area contributed by atoms with Crippen LogP contribution >= 0.6 is 27.7 Å². The third kappa shape index (κ3) is 2.97. The SMILES string of the molecule is NNc1nc(CSc2cccc(Br)c2)no1. The Labute approximate surface area is 105 Å². The van der Waals surface area contributed by atoms with Crippen LogP contribution < -0.4 is 11.3 Å². The first kappa shape index (κ1) is 11.4. The summed E-state index contributed by atoms with van der Waals surface area (Å²) in [6, 6.07) is 8.25. The molecule has 84 valence electrons. The molecule has 2 rings (SSSR count). The minimum absolute atomic E-state index is 0.227. The van der Waals surface area contributed by atoms with Gasteiger partial charge in [-0.1, -0.05) is 27.2 Å². The number of hydrazine groups is 1. The van der Waals surface area contributed by atoms with E-state index in [1.165, 1.54) is 0 Å². The highest BCUT2D eigenvalue weighted by Crippen LogP contribution is 2.24. The van der Waals surface area contributed by atoms with Crippen molar-refractivity contribution in [2.45, 2.75) is 10.6 Å². The van der Waals surface area contributed by atoms with Crippen LogP contribution in [0.3, 0.4) is 0 Å². The molecule has 0 unspecified atom stereocenters. The lowest BCUT2D eigenvalue weighted by molar-refractivity contribution is 0.425. The van der Waals surface area contributed by atoms with E-state index >= 15 is 0 Å². The van der Waals surface area contributed by atoms with Crippen molar-refractivity contribution in [1.29, 1.82) is 0 Å². The normalized spacial score (nSPS) is 10.4. The molecule has 0 aliphatic heterocycles. The Morgan fingerprint density at radius 1 is 1.50 bits per heavy atom. The number of hydrogen-bond donors (Lipinski definition) is 2. The van der Waals surface area contributed by atoms with Gasteiger partial charge < -0.3 is 4.52 Å². The van der Waals surface area contributed by atoms with E-state index in [0.717, 1.165) is 9.37 Å². The molecule has 0 atom stereocenters. The van der Waals surface area contributed by atoms with Crippen LogP contribution in [0.15, 0.2) is 38.2 Å². The van der Waals surface area contributed by atoms with Crippen molar-refractivity contribution in [3.63, 3.8) is 0 Å². The van der Waals surface area contributed by atoms with E-state index < -0.39 is 0 Å². The molecule has 0 bridgehead atoms. The largest absolute Gasteiger partial charge is 0.335 e. The smallest absolute Gasteiger partial charge is 0.314 e. The summed E-state index contributed by atoms with van der Waals surface area (Å²) < 4.78 is 5.86. The summed E-state index contributed by atoms with van der Waals surface area (Å²) in [5.41, 5.74) is 2.30. The summed E-state index contributed by atoms with van der Waals surface area (Å²) in [5, 5.41) is 3.76. The molecular formula is C9H9BrN4OS. The summed E-state index contributed by atoms with van der Waals surface area (Å²) in [6.45, 7) is 0. The van der Waals surface area contributed by atoms with Gasteiger partial charge >= 0.3 is 6.01 Å². The first-order chi connectivity index (χ1) is 7.78. The molecule has 1 aromatic carbocycles. The molecule has 2 aromatic rings. The maximum Gasteiger partial charge on any atom is 0.335 e. The molecule has 16 heavy (non-hydrogen) atoms. The van der Waals surface area contributed by atoms with Crippen LogP contribution in [0.2, 0.25) is 0 Å². The quantitative estimate of drug-likeness (QED) is 0.513. The first-order valence-electron chi connectivity index (χ1n) is 4.45. The van der Waals surface area contributed by atoms with Crippen LogP contribution in [0.4, 0.5) is 6.01 Å². The minimum Gasteiger partial charge on any atom is -0.314 e. The number of rotatable bonds is 4. The van der Waals surface area contributed by atoms with Gasteiger partial charge in [0, 0.05) is 9.37 Å². The Kier molecular flexibility index (Phi) is 3.81. The first-order valence-corrected chi connectivity index (χ1v) is 6.23. The van der Waals surface area contributed by atoms with Crippen LogP contribution in [-0.2, 0) is 5.75 Å². The zero-order valence-corrected chi connectivity index (χ0v) is 10.6. The van der Waals surface area contributed by atoms with Crippen molar-refractivity contribution < 1.29 is 4.52 Å². The number of halogens is 1. The minimum atomic E-state index is 0.227. The molecule has 0 aliphatic carbocycles. The standard InChI is InChI=1S/C9H9BrN4OS/c10-6-2-1-3-7(4-6)16-5-8-12-9(13-11)15-14-8/h1-4H,5,11H2,(H,12,13,14). The number of nitrogens with zero attached hydrogens (tertiary/aromatic N) is 2. The van der Waals surface area contributed by atoms with Gasteiger partial charge in [0.2, 0.25) is 0 Å². The molecule has 0 saturated carbocycles. The highest BCUT2D eigenvalue weighted by molar-refractivity contribution is 9.10. The Balaban J connectivity index is 1.96. The van der Waals surface area contributed by atoms with E-state index in [4.69, 9.17) is 10.4 Å². The van der Waals surface area contributed by atoms with E-state index in [-0.39, 0.29) is 6.01 Å². The van der Waals surface area contributed by atoms with E-state index in [1.54, 1.807) is 11.8 Å². The Hall–Kier alpha value is -1.05. The molecule has 0 fully saturated rings. The fourth-order valence-corrected chi connectivity index (χ4v) is 2.42. The summed E-state index contributed by atoms with van der Waals surface area (Å²) in [7, 11) is 0. The molecule has 1 heterocycles. The predicted octanol–water partition coefficient (Wildman–Crippen LogP) is 2.41. The summed E-state index contributed by atoms with van der Waals surface area (Å²) in [6.07, 6.45) is 0. The predicted molar refractivity (Wildman–Crippen MR) is 65.8 cm³/mol. The van der Waals surface area contributed by atoms with Crippen LogP contribution in [0.5, 0.6) is 0 Å². The van der Waals surface area contributed by atoms with Gasteiger partial charge in [-0.05, 0) is 18.2 Å². The maximum absolute atomic E-state index is 5.13. The van der Waals surface area contributed by atoms with Crippen molar-refractivity contribution in [3.05, 3.63) is 34.6 Å². The Morgan fingerprint density at radius 3 is 3.06 bits per heavy atom. The number of nitrogen functional groups attached to an aromatic ring is 1.